The van der Waals surface area contributed by atoms with E-state index < -0.39 is 0 Å². The molecule has 0 aliphatic carbocycles. The third kappa shape index (κ3) is 5.43. The van der Waals surface area contributed by atoms with Gasteiger partial charge in [-0.1, -0.05) is 6.07 Å². The molecule has 9 nitrogen and oxygen atoms in total. The van der Waals surface area contributed by atoms with E-state index in [0.717, 1.165) is 11.3 Å². The summed E-state index contributed by atoms with van der Waals surface area (Å²) in [7, 11) is 0. The Bertz CT molecular complexity index is 879. The standard InChI is InChI=1S/C18H20N8O/c1-12-3-4-15(23-9-12)24-17-6-5-16(25-26-17)19-7-8-20-18(27)14-11-21-13(2)10-22-14/h3-6,9-11H,7-8H2,1-2H3,(H,19,25)(H,20,27)(H,23,24,26). The molecule has 27 heavy (non-hydrogen) atoms. The number of pyridine rings is 1. The van der Waals surface area contributed by atoms with Gasteiger partial charge in [-0.25, -0.2) is 9.97 Å². The maximum atomic E-state index is 11.9. The first kappa shape index (κ1) is 18.2. The number of anilines is 3. The van der Waals surface area contributed by atoms with Gasteiger partial charge in [0.2, 0.25) is 0 Å². The molecule has 0 aliphatic heterocycles. The maximum absolute atomic E-state index is 11.9. The summed E-state index contributed by atoms with van der Waals surface area (Å²) in [5.74, 6) is 1.66. The fraction of sp³-hybridized carbons (Fsp3) is 0.222. The predicted octanol–water partition coefficient (Wildman–Crippen LogP) is 1.86. The summed E-state index contributed by atoms with van der Waals surface area (Å²) in [6, 6.07) is 7.45. The fourth-order valence-electron chi connectivity index (χ4n) is 2.13. The zero-order valence-corrected chi connectivity index (χ0v) is 15.1. The zero-order valence-electron chi connectivity index (χ0n) is 15.1. The topological polar surface area (TPSA) is 118 Å². The minimum atomic E-state index is -0.263. The molecule has 3 aromatic heterocycles. The van der Waals surface area contributed by atoms with E-state index in [9.17, 15) is 4.79 Å². The van der Waals surface area contributed by atoms with Crippen molar-refractivity contribution in [1.29, 1.82) is 0 Å². The SMILES string of the molecule is Cc1ccc(Nc2ccc(NCCNC(=O)c3cnc(C)cn3)nn2)nc1. The Labute approximate surface area is 156 Å². The highest BCUT2D eigenvalue weighted by molar-refractivity contribution is 5.91. The van der Waals surface area contributed by atoms with Gasteiger partial charge in [-0.2, -0.15) is 0 Å². The molecule has 3 aromatic rings. The van der Waals surface area contributed by atoms with Crippen molar-refractivity contribution in [3.63, 3.8) is 0 Å². The fourth-order valence-corrected chi connectivity index (χ4v) is 2.13. The van der Waals surface area contributed by atoms with Crippen LogP contribution in [0.5, 0.6) is 0 Å². The number of carbonyl (C=O) groups excluding carboxylic acids is 1. The summed E-state index contributed by atoms with van der Waals surface area (Å²) < 4.78 is 0. The molecular formula is C18H20N8O. The van der Waals surface area contributed by atoms with Crippen molar-refractivity contribution in [2.75, 3.05) is 23.7 Å². The summed E-state index contributed by atoms with van der Waals surface area (Å²) >= 11 is 0. The second kappa shape index (κ2) is 8.65. The van der Waals surface area contributed by atoms with E-state index >= 15 is 0 Å². The van der Waals surface area contributed by atoms with Crippen LogP contribution >= 0.6 is 0 Å². The molecule has 0 saturated heterocycles. The smallest absolute Gasteiger partial charge is 0.271 e. The summed E-state index contributed by atoms with van der Waals surface area (Å²) in [6.07, 6.45) is 4.80. The van der Waals surface area contributed by atoms with Crippen LogP contribution in [0.25, 0.3) is 0 Å². The van der Waals surface area contributed by atoms with Crippen LogP contribution in [-0.4, -0.2) is 44.1 Å². The highest BCUT2D eigenvalue weighted by Gasteiger charge is 2.06. The van der Waals surface area contributed by atoms with E-state index in [0.29, 0.717) is 36.2 Å². The molecule has 0 spiro atoms. The molecule has 0 saturated carbocycles. The largest absolute Gasteiger partial charge is 0.367 e. The monoisotopic (exact) mass is 364 g/mol. The van der Waals surface area contributed by atoms with E-state index in [2.05, 4.69) is 41.1 Å². The Morgan fingerprint density at radius 1 is 0.852 bits per heavy atom. The Kier molecular flexibility index (Phi) is 5.83. The van der Waals surface area contributed by atoms with Gasteiger partial charge in [-0.05, 0) is 37.6 Å². The van der Waals surface area contributed by atoms with E-state index in [-0.39, 0.29) is 5.91 Å². The van der Waals surface area contributed by atoms with Crippen molar-refractivity contribution in [2.45, 2.75) is 13.8 Å². The number of nitrogens with one attached hydrogen (secondary N) is 3. The van der Waals surface area contributed by atoms with Crippen LogP contribution in [0.15, 0.2) is 42.9 Å². The first-order valence-corrected chi connectivity index (χ1v) is 8.44. The summed E-state index contributed by atoms with van der Waals surface area (Å²) in [5.41, 5.74) is 2.15. The van der Waals surface area contributed by atoms with Crippen molar-refractivity contribution in [3.8, 4) is 0 Å². The van der Waals surface area contributed by atoms with Gasteiger partial charge >= 0.3 is 0 Å². The second-order valence-corrected chi connectivity index (χ2v) is 5.88. The third-order valence-corrected chi connectivity index (χ3v) is 3.56. The molecule has 3 rings (SSSR count). The Morgan fingerprint density at radius 2 is 1.63 bits per heavy atom. The van der Waals surface area contributed by atoms with Gasteiger partial charge in [-0.3, -0.25) is 9.78 Å². The van der Waals surface area contributed by atoms with Crippen molar-refractivity contribution in [1.82, 2.24) is 30.5 Å². The van der Waals surface area contributed by atoms with Crippen molar-refractivity contribution >= 4 is 23.4 Å². The molecule has 9 heteroatoms. The number of amides is 1. The maximum Gasteiger partial charge on any atom is 0.271 e. The molecule has 3 heterocycles. The number of rotatable bonds is 7. The van der Waals surface area contributed by atoms with Crippen molar-refractivity contribution in [3.05, 3.63) is 59.8 Å². The number of hydrogen-bond acceptors (Lipinski definition) is 8. The van der Waals surface area contributed by atoms with Crippen LogP contribution in [0.4, 0.5) is 17.5 Å². The summed E-state index contributed by atoms with van der Waals surface area (Å²) in [4.78, 5) is 24.3. The molecule has 1 amide bonds. The average molecular weight is 364 g/mol. The van der Waals surface area contributed by atoms with E-state index in [1.165, 1.54) is 6.20 Å². The van der Waals surface area contributed by atoms with Gasteiger partial charge in [0.25, 0.3) is 5.91 Å². The molecule has 0 fully saturated rings. The normalized spacial score (nSPS) is 10.3. The Hall–Kier alpha value is -3.62. The summed E-state index contributed by atoms with van der Waals surface area (Å²) in [6.45, 7) is 4.72. The highest BCUT2D eigenvalue weighted by Crippen LogP contribution is 2.12. The zero-order chi connectivity index (χ0) is 19.1. The molecular weight excluding hydrogens is 344 g/mol. The molecule has 0 unspecified atom stereocenters. The lowest BCUT2D eigenvalue weighted by molar-refractivity contribution is 0.0950. The quantitative estimate of drug-likeness (QED) is 0.544. The van der Waals surface area contributed by atoms with Crippen LogP contribution in [0.3, 0.4) is 0 Å². The first-order valence-electron chi connectivity index (χ1n) is 8.44. The molecule has 0 bridgehead atoms. The van der Waals surface area contributed by atoms with Gasteiger partial charge in [0.15, 0.2) is 5.82 Å². The highest BCUT2D eigenvalue weighted by atomic mass is 16.1. The van der Waals surface area contributed by atoms with Gasteiger partial charge in [-0.15, -0.1) is 10.2 Å². The Balaban J connectivity index is 1.42. The van der Waals surface area contributed by atoms with Gasteiger partial charge in [0.1, 0.15) is 17.3 Å². The van der Waals surface area contributed by atoms with Gasteiger partial charge < -0.3 is 16.0 Å². The van der Waals surface area contributed by atoms with Gasteiger partial charge in [0, 0.05) is 25.5 Å². The average Bonchev–Trinajstić information content (AvgIpc) is 2.68. The molecule has 0 aliphatic rings. The lowest BCUT2D eigenvalue weighted by Gasteiger charge is -2.08. The van der Waals surface area contributed by atoms with E-state index in [4.69, 9.17) is 0 Å². The van der Waals surface area contributed by atoms with Crippen LogP contribution in [-0.2, 0) is 0 Å². The third-order valence-electron chi connectivity index (χ3n) is 3.56. The van der Waals surface area contributed by atoms with E-state index in [1.54, 1.807) is 24.5 Å². The predicted molar refractivity (Wildman–Crippen MR) is 102 cm³/mol. The lowest BCUT2D eigenvalue weighted by atomic mass is 10.3. The number of hydrogen-bond donors (Lipinski definition) is 3. The van der Waals surface area contributed by atoms with Crippen LogP contribution < -0.4 is 16.0 Å². The molecule has 138 valence electrons. The van der Waals surface area contributed by atoms with E-state index in [1.807, 2.05) is 26.0 Å². The molecule has 0 atom stereocenters. The minimum Gasteiger partial charge on any atom is -0.367 e. The lowest BCUT2D eigenvalue weighted by Crippen LogP contribution is -2.29. The van der Waals surface area contributed by atoms with Crippen LogP contribution in [0, 0.1) is 13.8 Å². The van der Waals surface area contributed by atoms with Gasteiger partial charge in [0.05, 0.1) is 11.9 Å². The molecule has 0 radical (unpaired) electrons. The van der Waals surface area contributed by atoms with Crippen LogP contribution in [0.1, 0.15) is 21.7 Å². The molecule has 3 N–H and O–H groups in total. The number of carbonyl (C=O) groups is 1. The second-order valence-electron chi connectivity index (χ2n) is 5.88. The summed E-state index contributed by atoms with van der Waals surface area (Å²) in [5, 5.41) is 17.1. The van der Waals surface area contributed by atoms with Crippen molar-refractivity contribution < 1.29 is 4.79 Å². The number of aromatic nitrogens is 5. The first-order chi connectivity index (χ1) is 13.1. The van der Waals surface area contributed by atoms with Crippen molar-refractivity contribution in [2.24, 2.45) is 0 Å². The minimum absolute atomic E-state index is 0.263. The Morgan fingerprint density at radius 3 is 2.30 bits per heavy atom. The number of aryl methyl sites for hydroxylation is 2. The number of nitrogens with zero attached hydrogens (tertiary/aromatic N) is 5. The molecule has 0 aromatic carbocycles. The van der Waals surface area contributed by atoms with Crippen LogP contribution in [0.2, 0.25) is 0 Å².